The number of aliphatic hydroxyl groups excluding tert-OH is 1. The summed E-state index contributed by atoms with van der Waals surface area (Å²) in [5.41, 5.74) is 2.09. The number of ether oxygens (including phenoxy) is 2. The first-order valence-electron chi connectivity index (χ1n) is 17.4. The molecule has 0 radical (unpaired) electrons. The van der Waals surface area contributed by atoms with Crippen molar-refractivity contribution >= 4 is 36.4 Å². The van der Waals surface area contributed by atoms with Crippen LogP contribution < -0.4 is 19.7 Å². The second-order valence-electron chi connectivity index (χ2n) is 14.0. The number of fused-ring (bicyclic) bond motifs is 2. The lowest BCUT2D eigenvalue weighted by atomic mass is 9.82. The monoisotopic (exact) mass is 671 g/mol. The maximum absolute atomic E-state index is 14.8. The van der Waals surface area contributed by atoms with E-state index in [2.05, 4.69) is 55.1 Å². The molecule has 48 heavy (non-hydrogen) atoms. The van der Waals surface area contributed by atoms with Gasteiger partial charge in [0.2, 0.25) is 5.91 Å². The predicted octanol–water partition coefficient (Wildman–Crippen LogP) is 4.96. The highest BCUT2D eigenvalue weighted by molar-refractivity contribution is 6.91. The maximum atomic E-state index is 14.8. The van der Waals surface area contributed by atoms with Gasteiger partial charge in [0.05, 0.1) is 32.7 Å². The van der Waals surface area contributed by atoms with Gasteiger partial charge in [-0.05, 0) is 55.1 Å². The Bertz CT molecular complexity index is 1640. The number of aliphatic hydroxyl groups is 1. The number of nitrogens with zero attached hydrogens (tertiary/aromatic N) is 5. The van der Waals surface area contributed by atoms with Crippen LogP contribution in [0.3, 0.4) is 0 Å². The van der Waals surface area contributed by atoms with Crippen molar-refractivity contribution in [2.75, 3.05) is 36.6 Å². The summed E-state index contributed by atoms with van der Waals surface area (Å²) in [4.78, 5) is 31.9. The summed E-state index contributed by atoms with van der Waals surface area (Å²) in [6.45, 7) is 12.5. The van der Waals surface area contributed by atoms with Gasteiger partial charge in [-0.25, -0.2) is 0 Å². The highest BCUT2D eigenvalue weighted by Crippen LogP contribution is 2.60. The minimum atomic E-state index is -2.32. The van der Waals surface area contributed by atoms with Gasteiger partial charge in [0, 0.05) is 62.4 Å². The van der Waals surface area contributed by atoms with Crippen LogP contribution in [0.2, 0.25) is 18.6 Å². The van der Waals surface area contributed by atoms with Crippen molar-refractivity contribution < 1.29 is 24.2 Å². The van der Waals surface area contributed by atoms with Gasteiger partial charge in [0.1, 0.15) is 5.75 Å². The summed E-state index contributed by atoms with van der Waals surface area (Å²) in [7, 11) is -0.648. The first kappa shape index (κ1) is 34.1. The van der Waals surface area contributed by atoms with Crippen LogP contribution in [0, 0.1) is 5.92 Å². The molecule has 3 aromatic rings. The summed E-state index contributed by atoms with van der Waals surface area (Å²) < 4.78 is 14.6. The quantitative estimate of drug-likeness (QED) is 0.227. The van der Waals surface area contributed by atoms with Crippen LogP contribution >= 0.6 is 0 Å². The Hall–Kier alpha value is -3.80. The van der Waals surface area contributed by atoms with E-state index in [9.17, 15) is 14.7 Å². The van der Waals surface area contributed by atoms with Crippen LogP contribution in [0.1, 0.15) is 56.7 Å². The minimum absolute atomic E-state index is 0.0158. The Balaban J connectivity index is 1.44. The second-order valence-corrected chi connectivity index (χ2v) is 18.7. The normalized spacial score (nSPS) is 24.6. The van der Waals surface area contributed by atoms with Crippen LogP contribution in [0.4, 0.5) is 11.4 Å². The summed E-state index contributed by atoms with van der Waals surface area (Å²) in [5, 5.41) is 19.2. The van der Waals surface area contributed by atoms with Gasteiger partial charge >= 0.3 is 0 Å². The molecule has 2 amide bonds. The average Bonchev–Trinajstić information content (AvgIpc) is 3.72. The molecular weight excluding hydrogens is 623 g/mol. The zero-order chi connectivity index (χ0) is 34.1. The van der Waals surface area contributed by atoms with Gasteiger partial charge in [-0.1, -0.05) is 61.5 Å². The molecule has 256 valence electrons. The second kappa shape index (κ2) is 14.0. The van der Waals surface area contributed by atoms with Gasteiger partial charge in [0.15, 0.2) is 5.60 Å². The molecule has 1 aromatic heterocycles. The fraction of sp³-hybridized carbons (Fsp3) is 0.514. The Kier molecular flexibility index (Phi) is 9.92. The number of aryl methyl sites for hydroxylation is 1. The number of anilines is 2. The van der Waals surface area contributed by atoms with Crippen LogP contribution in [-0.2, 0) is 32.9 Å². The van der Waals surface area contributed by atoms with Crippen LogP contribution in [0.15, 0.2) is 61.3 Å². The number of methoxy groups -OCH3 is 1. The van der Waals surface area contributed by atoms with Gasteiger partial charge in [-0.3, -0.25) is 14.3 Å². The van der Waals surface area contributed by atoms with E-state index in [1.54, 1.807) is 18.1 Å². The topological polar surface area (TPSA) is 110 Å². The van der Waals surface area contributed by atoms with Crippen molar-refractivity contribution in [1.82, 2.24) is 15.0 Å². The van der Waals surface area contributed by atoms with Gasteiger partial charge in [0.25, 0.3) is 5.91 Å². The van der Waals surface area contributed by atoms with Crippen molar-refractivity contribution in [2.45, 2.75) is 88.8 Å². The molecule has 2 aromatic carbocycles. The number of aromatic nitrogens is 3. The van der Waals surface area contributed by atoms with E-state index in [4.69, 9.17) is 9.47 Å². The van der Waals surface area contributed by atoms with Crippen molar-refractivity contribution in [1.29, 1.82) is 0 Å². The highest BCUT2D eigenvalue weighted by Gasteiger charge is 2.66. The van der Waals surface area contributed by atoms with Crippen molar-refractivity contribution in [2.24, 2.45) is 5.92 Å². The molecule has 3 aliphatic rings. The van der Waals surface area contributed by atoms with E-state index in [1.165, 1.54) is 5.19 Å². The molecule has 2 saturated heterocycles. The lowest BCUT2D eigenvalue weighted by Crippen LogP contribution is -2.52. The zero-order valence-electron chi connectivity index (χ0n) is 28.7. The molecule has 4 heterocycles. The largest absolute Gasteiger partial charge is 0.497 e. The fourth-order valence-electron chi connectivity index (χ4n) is 8.42. The average molecular weight is 672 g/mol. The number of hydrogen-bond acceptors (Lipinski definition) is 7. The molecule has 0 aliphatic carbocycles. The van der Waals surface area contributed by atoms with Gasteiger partial charge in [-0.15, -0.1) is 11.7 Å². The first-order valence-corrected chi connectivity index (χ1v) is 20.4. The number of carbonyl (C=O) groups is 2. The Morgan fingerprint density at radius 3 is 2.62 bits per heavy atom. The van der Waals surface area contributed by atoms with Crippen molar-refractivity contribution in [3.8, 4) is 5.75 Å². The summed E-state index contributed by atoms with van der Waals surface area (Å²) in [5.74, 6) is 0.711. The van der Waals surface area contributed by atoms with Gasteiger partial charge in [-0.2, -0.15) is 0 Å². The molecule has 1 spiro atoms. The standard InChI is InChI=1S/C37H49N5O5Si/c1-6-20-42-32-17-12-28(41-21-10-8-7-9-11-34(41)44)24-31(32)37(36(42)45)26(2)35(48(4,5)30-15-13-29(46-3)14-16-30)33(47-37)18-22-40-25-27(19-23-43)38-39-40/h6,12-17,24-26,33,35,43H,1,7-11,18-23H2,2-5H3/t26-,33+,35-,37+/m0/s1. The minimum Gasteiger partial charge on any atom is -0.497 e. The third-order valence-corrected chi connectivity index (χ3v) is 15.2. The molecular formula is C37H49N5O5Si. The highest BCUT2D eigenvalue weighted by atomic mass is 28.3. The fourth-order valence-corrected chi connectivity index (χ4v) is 12.5. The number of amides is 2. The zero-order valence-corrected chi connectivity index (χ0v) is 29.7. The number of benzene rings is 2. The van der Waals surface area contributed by atoms with Gasteiger partial charge < -0.3 is 24.4 Å². The SMILES string of the molecule is C=CCN1C(=O)[C@]2(O[C@H](CCn3cc(CCO)nn3)[C@@H]([Si](C)(C)c3ccc(OC)cc3)[C@@H]2C)c2cc(N3CCCCCCC3=O)ccc21. The van der Waals surface area contributed by atoms with E-state index in [1.807, 2.05) is 40.0 Å². The Morgan fingerprint density at radius 1 is 1.12 bits per heavy atom. The van der Waals surface area contributed by atoms with E-state index in [0.29, 0.717) is 38.9 Å². The van der Waals surface area contributed by atoms with E-state index < -0.39 is 13.7 Å². The lowest BCUT2D eigenvalue weighted by molar-refractivity contribution is -0.145. The molecule has 1 N–H and O–H groups in total. The first-order chi connectivity index (χ1) is 23.1. The maximum Gasteiger partial charge on any atom is 0.264 e. The summed E-state index contributed by atoms with van der Waals surface area (Å²) in [6, 6.07) is 14.4. The van der Waals surface area contributed by atoms with Crippen molar-refractivity contribution in [3.05, 3.63) is 72.6 Å². The van der Waals surface area contributed by atoms with E-state index >= 15 is 0 Å². The van der Waals surface area contributed by atoms with E-state index in [-0.39, 0.29) is 36.0 Å². The molecule has 4 atom stereocenters. The molecule has 2 fully saturated rings. The molecule has 10 nitrogen and oxygen atoms in total. The molecule has 6 rings (SSSR count). The number of hydrogen-bond donors (Lipinski definition) is 1. The number of rotatable bonds is 11. The van der Waals surface area contributed by atoms with Crippen molar-refractivity contribution in [3.63, 3.8) is 0 Å². The smallest absolute Gasteiger partial charge is 0.264 e. The third kappa shape index (κ3) is 6.01. The Morgan fingerprint density at radius 2 is 1.90 bits per heavy atom. The summed E-state index contributed by atoms with van der Waals surface area (Å²) >= 11 is 0. The Labute approximate surface area is 284 Å². The number of carbonyl (C=O) groups excluding carboxylic acids is 2. The summed E-state index contributed by atoms with van der Waals surface area (Å²) in [6.07, 6.45) is 9.05. The van der Waals surface area contributed by atoms with E-state index in [0.717, 1.165) is 54.1 Å². The lowest BCUT2D eigenvalue weighted by Gasteiger charge is -2.37. The molecule has 0 bridgehead atoms. The van der Waals surface area contributed by atoms with Crippen LogP contribution in [0.25, 0.3) is 0 Å². The molecule has 0 saturated carbocycles. The van der Waals surface area contributed by atoms with Crippen LogP contribution in [-0.4, -0.2) is 72.9 Å². The molecule has 11 heteroatoms. The molecule has 3 aliphatic heterocycles. The van der Waals surface area contributed by atoms with Crippen LogP contribution in [0.5, 0.6) is 5.75 Å². The predicted molar refractivity (Wildman–Crippen MR) is 189 cm³/mol. The third-order valence-electron chi connectivity index (χ3n) is 10.9. The molecule has 0 unspecified atom stereocenters.